The van der Waals surface area contributed by atoms with E-state index in [9.17, 15) is 5.11 Å². The number of thiophene rings is 1. The van der Waals surface area contributed by atoms with E-state index in [1.165, 1.54) is 11.8 Å². The molecule has 0 bridgehead atoms. The molecule has 0 saturated heterocycles. The highest BCUT2D eigenvalue weighted by Gasteiger charge is 2.06. The summed E-state index contributed by atoms with van der Waals surface area (Å²) in [6.45, 7) is 0. The highest BCUT2D eigenvalue weighted by atomic mass is 32.2. The Morgan fingerprint density at radius 2 is 2.23 bits per heavy atom. The molecule has 0 aliphatic rings. The van der Waals surface area contributed by atoms with Crippen LogP contribution in [0, 0.1) is 0 Å². The van der Waals surface area contributed by atoms with Crippen LogP contribution in [0.3, 0.4) is 0 Å². The second-order valence-corrected chi connectivity index (χ2v) is 4.47. The summed E-state index contributed by atoms with van der Waals surface area (Å²) in [4.78, 5) is 0.898. The Balaban J connectivity index is 2.76. The molecule has 3 N–H and O–H groups in total. The highest BCUT2D eigenvalue weighted by molar-refractivity contribution is 7.98. The molecule has 2 nitrogen and oxygen atoms in total. The van der Waals surface area contributed by atoms with Crippen LogP contribution in [0.25, 0.3) is 10.1 Å². The van der Waals surface area contributed by atoms with Crippen LogP contribution in [0.15, 0.2) is 22.4 Å². The first-order valence-electron chi connectivity index (χ1n) is 3.76. The number of phenolic OH excluding ortho intramolecular Hbond substituents is 1. The van der Waals surface area contributed by atoms with E-state index in [1.807, 2.05) is 17.7 Å². The zero-order valence-electron chi connectivity index (χ0n) is 7.07. The average molecular weight is 211 g/mol. The van der Waals surface area contributed by atoms with Gasteiger partial charge < -0.3 is 10.8 Å². The molecule has 0 aliphatic heterocycles. The molecule has 1 aromatic heterocycles. The maximum Gasteiger partial charge on any atom is 0.129 e. The fourth-order valence-corrected chi connectivity index (χ4v) is 2.68. The average Bonchev–Trinajstić information content (AvgIpc) is 2.47. The maximum atomic E-state index is 9.58. The van der Waals surface area contributed by atoms with E-state index in [2.05, 4.69) is 0 Å². The van der Waals surface area contributed by atoms with Gasteiger partial charge in [-0.05, 0) is 18.4 Å². The lowest BCUT2D eigenvalue weighted by atomic mass is 10.2. The fraction of sp³-hybridized carbons (Fsp3) is 0.111. The first-order valence-corrected chi connectivity index (χ1v) is 5.86. The second kappa shape index (κ2) is 3.12. The second-order valence-electron chi connectivity index (χ2n) is 2.71. The minimum absolute atomic E-state index is 0.310. The summed E-state index contributed by atoms with van der Waals surface area (Å²) in [5, 5.41) is 12.4. The normalized spacial score (nSPS) is 10.8. The van der Waals surface area contributed by atoms with Gasteiger partial charge in [0.1, 0.15) is 5.75 Å². The van der Waals surface area contributed by atoms with Gasteiger partial charge in [-0.1, -0.05) is 0 Å². The molecule has 0 fully saturated rings. The largest absolute Gasteiger partial charge is 0.507 e. The van der Waals surface area contributed by atoms with Crippen molar-refractivity contribution < 1.29 is 5.11 Å². The Kier molecular flexibility index (Phi) is 2.09. The van der Waals surface area contributed by atoms with Crippen LogP contribution in [-0.2, 0) is 0 Å². The number of benzene rings is 1. The van der Waals surface area contributed by atoms with Gasteiger partial charge in [0.15, 0.2) is 0 Å². The number of nitrogen functional groups attached to an aromatic ring is 1. The van der Waals surface area contributed by atoms with Crippen LogP contribution in [0.4, 0.5) is 5.69 Å². The number of fused-ring (bicyclic) bond motifs is 1. The van der Waals surface area contributed by atoms with E-state index in [4.69, 9.17) is 5.73 Å². The third-order valence-electron chi connectivity index (χ3n) is 1.90. The molecule has 1 heterocycles. The van der Waals surface area contributed by atoms with Crippen LogP contribution in [0.1, 0.15) is 0 Å². The van der Waals surface area contributed by atoms with E-state index in [0.29, 0.717) is 5.75 Å². The summed E-state index contributed by atoms with van der Waals surface area (Å²) in [6.07, 6.45) is 1.94. The van der Waals surface area contributed by atoms with Gasteiger partial charge in [0.2, 0.25) is 0 Å². The van der Waals surface area contributed by atoms with Gasteiger partial charge in [0, 0.05) is 15.5 Å². The summed E-state index contributed by atoms with van der Waals surface area (Å²) >= 11 is 3.14. The molecule has 0 unspecified atom stereocenters. The number of rotatable bonds is 1. The summed E-state index contributed by atoms with van der Waals surface area (Å²) in [5.74, 6) is 0.310. The molecule has 0 atom stereocenters. The minimum atomic E-state index is 0.310. The van der Waals surface area contributed by atoms with Crippen molar-refractivity contribution in [2.75, 3.05) is 12.0 Å². The Morgan fingerprint density at radius 3 is 2.92 bits per heavy atom. The van der Waals surface area contributed by atoms with E-state index in [1.54, 1.807) is 17.4 Å². The third-order valence-corrected chi connectivity index (χ3v) is 3.64. The first kappa shape index (κ1) is 8.72. The number of aromatic hydroxyl groups is 1. The van der Waals surface area contributed by atoms with E-state index >= 15 is 0 Å². The fourth-order valence-electron chi connectivity index (χ4n) is 1.23. The molecule has 0 saturated carbocycles. The summed E-state index contributed by atoms with van der Waals surface area (Å²) in [6, 6.07) is 3.70. The summed E-state index contributed by atoms with van der Waals surface area (Å²) in [5.41, 5.74) is 6.47. The molecule has 13 heavy (non-hydrogen) atoms. The molecule has 0 amide bonds. The molecule has 0 spiro atoms. The van der Waals surface area contributed by atoms with E-state index in [-0.39, 0.29) is 0 Å². The number of hydrogen-bond acceptors (Lipinski definition) is 4. The van der Waals surface area contributed by atoms with Crippen molar-refractivity contribution in [3.05, 3.63) is 17.5 Å². The van der Waals surface area contributed by atoms with Crippen molar-refractivity contribution in [2.45, 2.75) is 4.90 Å². The quantitative estimate of drug-likeness (QED) is 0.713. The Bertz CT molecular complexity index is 450. The standard InChI is InChI=1S/C9H9NOS2/c1-12-9-3-8-5(2-7(9)11)6(10)4-13-8/h2-4,11H,10H2,1H3. The Hall–Kier alpha value is -0.870. The molecule has 68 valence electrons. The Labute approximate surface area is 84.4 Å². The predicted octanol–water partition coefficient (Wildman–Crippen LogP) is 2.91. The SMILES string of the molecule is CSc1cc2scc(N)c2cc1O. The number of hydrogen-bond donors (Lipinski definition) is 2. The molecular weight excluding hydrogens is 202 g/mol. The Morgan fingerprint density at radius 1 is 1.46 bits per heavy atom. The van der Waals surface area contributed by atoms with Crippen molar-refractivity contribution in [1.29, 1.82) is 0 Å². The lowest BCUT2D eigenvalue weighted by Gasteiger charge is -2.00. The van der Waals surface area contributed by atoms with Crippen LogP contribution in [0.5, 0.6) is 5.75 Å². The van der Waals surface area contributed by atoms with Crippen molar-refractivity contribution in [1.82, 2.24) is 0 Å². The van der Waals surface area contributed by atoms with Crippen LogP contribution < -0.4 is 5.73 Å². The minimum Gasteiger partial charge on any atom is -0.507 e. The highest BCUT2D eigenvalue weighted by Crippen LogP contribution is 2.36. The molecule has 4 heteroatoms. The van der Waals surface area contributed by atoms with Gasteiger partial charge >= 0.3 is 0 Å². The third kappa shape index (κ3) is 1.36. The summed E-state index contributed by atoms with van der Waals surface area (Å²) < 4.78 is 1.12. The monoisotopic (exact) mass is 211 g/mol. The zero-order valence-corrected chi connectivity index (χ0v) is 8.71. The van der Waals surface area contributed by atoms with Gasteiger partial charge in [0.25, 0.3) is 0 Å². The van der Waals surface area contributed by atoms with Crippen molar-refractivity contribution >= 4 is 38.9 Å². The number of nitrogens with two attached hydrogens (primary N) is 1. The summed E-state index contributed by atoms with van der Waals surface area (Å²) in [7, 11) is 0. The van der Waals surface area contributed by atoms with Gasteiger partial charge in [-0.15, -0.1) is 23.1 Å². The van der Waals surface area contributed by atoms with E-state index in [0.717, 1.165) is 20.7 Å². The van der Waals surface area contributed by atoms with Gasteiger partial charge in [0.05, 0.1) is 10.6 Å². The smallest absolute Gasteiger partial charge is 0.129 e. The van der Waals surface area contributed by atoms with E-state index < -0.39 is 0 Å². The lowest BCUT2D eigenvalue weighted by Crippen LogP contribution is -1.80. The zero-order chi connectivity index (χ0) is 9.42. The van der Waals surface area contributed by atoms with Crippen LogP contribution in [-0.4, -0.2) is 11.4 Å². The number of thioether (sulfide) groups is 1. The van der Waals surface area contributed by atoms with Crippen LogP contribution >= 0.6 is 23.1 Å². The molecular formula is C9H9NOS2. The molecule has 2 aromatic rings. The van der Waals surface area contributed by atoms with Gasteiger partial charge in [-0.2, -0.15) is 0 Å². The van der Waals surface area contributed by atoms with Crippen molar-refractivity contribution in [3.63, 3.8) is 0 Å². The first-order chi connectivity index (χ1) is 6.22. The molecule has 2 rings (SSSR count). The lowest BCUT2D eigenvalue weighted by molar-refractivity contribution is 0.463. The molecule has 1 aromatic carbocycles. The number of anilines is 1. The topological polar surface area (TPSA) is 46.2 Å². The molecule has 0 aliphatic carbocycles. The number of phenols is 1. The predicted molar refractivity (Wildman–Crippen MR) is 59.7 cm³/mol. The van der Waals surface area contributed by atoms with Crippen molar-refractivity contribution in [2.24, 2.45) is 0 Å². The maximum absolute atomic E-state index is 9.58. The molecule has 0 radical (unpaired) electrons. The van der Waals surface area contributed by atoms with Crippen LogP contribution in [0.2, 0.25) is 0 Å². The van der Waals surface area contributed by atoms with Gasteiger partial charge in [-0.25, -0.2) is 0 Å². The van der Waals surface area contributed by atoms with Gasteiger partial charge in [-0.3, -0.25) is 0 Å². The van der Waals surface area contributed by atoms with Crippen molar-refractivity contribution in [3.8, 4) is 5.75 Å².